The summed E-state index contributed by atoms with van der Waals surface area (Å²) >= 11 is 12.8. The molecule has 28 heavy (non-hydrogen) atoms. The predicted octanol–water partition coefficient (Wildman–Crippen LogP) is 2.86. The Morgan fingerprint density at radius 3 is 2.54 bits per heavy atom. The van der Waals surface area contributed by atoms with Crippen molar-refractivity contribution in [3.8, 4) is 0 Å². The van der Waals surface area contributed by atoms with E-state index < -0.39 is 0 Å². The highest BCUT2D eigenvalue weighted by Crippen LogP contribution is 2.14. The fourth-order valence-electron chi connectivity index (χ4n) is 2.80. The average molecular weight is 426 g/mol. The lowest BCUT2D eigenvalue weighted by Gasteiger charge is -2.23. The molecule has 2 aromatic rings. The number of nitrogens with zero attached hydrogens (tertiary/aromatic N) is 1. The Bertz CT molecular complexity index is 676. The SMILES string of the molecule is NC(C(Cl)CCNCc1ccccc1CO)C(Cl)COCCc1ccccn1. The van der Waals surface area contributed by atoms with Crippen LogP contribution in [0.2, 0.25) is 0 Å². The molecular formula is C21H29Cl2N3O2. The Labute approximate surface area is 177 Å². The van der Waals surface area contributed by atoms with Gasteiger partial charge in [-0.3, -0.25) is 4.98 Å². The molecule has 154 valence electrons. The largest absolute Gasteiger partial charge is 0.392 e. The number of rotatable bonds is 13. The molecule has 0 saturated heterocycles. The maximum Gasteiger partial charge on any atom is 0.0734 e. The Morgan fingerprint density at radius 2 is 1.82 bits per heavy atom. The number of aliphatic hydroxyl groups excluding tert-OH is 1. The number of nitrogens with one attached hydrogen (secondary N) is 1. The number of hydrogen-bond acceptors (Lipinski definition) is 5. The minimum absolute atomic E-state index is 0.0368. The first kappa shape index (κ1) is 23.1. The van der Waals surface area contributed by atoms with Crippen LogP contribution < -0.4 is 11.1 Å². The highest BCUT2D eigenvalue weighted by Gasteiger charge is 2.23. The topological polar surface area (TPSA) is 80.4 Å². The third kappa shape index (κ3) is 8.03. The molecule has 0 aliphatic rings. The summed E-state index contributed by atoms with van der Waals surface area (Å²) in [6, 6.07) is 13.3. The summed E-state index contributed by atoms with van der Waals surface area (Å²) in [5.74, 6) is 0. The van der Waals surface area contributed by atoms with Crippen molar-refractivity contribution in [1.82, 2.24) is 10.3 Å². The van der Waals surface area contributed by atoms with Gasteiger partial charge in [0.05, 0.1) is 30.6 Å². The van der Waals surface area contributed by atoms with Gasteiger partial charge in [0.2, 0.25) is 0 Å². The van der Waals surface area contributed by atoms with Crippen LogP contribution in [0.3, 0.4) is 0 Å². The number of nitrogens with two attached hydrogens (primary N) is 1. The van der Waals surface area contributed by atoms with Gasteiger partial charge in [-0.2, -0.15) is 0 Å². The standard InChI is InChI=1S/C21H29Cl2N3O2/c22-19(8-11-25-13-16-5-1-2-6-17(16)14-27)21(24)20(23)15-28-12-9-18-7-3-4-10-26-18/h1-7,10,19-21,25,27H,8-9,11-15,24H2. The molecule has 0 fully saturated rings. The Balaban J connectivity index is 1.61. The maximum atomic E-state index is 9.36. The van der Waals surface area contributed by atoms with E-state index in [2.05, 4.69) is 10.3 Å². The fourth-order valence-corrected chi connectivity index (χ4v) is 3.42. The number of pyridine rings is 1. The Kier molecular flexibility index (Phi) is 10.8. The molecule has 0 saturated carbocycles. The van der Waals surface area contributed by atoms with E-state index in [1.165, 1.54) is 0 Å². The monoisotopic (exact) mass is 425 g/mol. The van der Waals surface area contributed by atoms with Gasteiger partial charge in [0.1, 0.15) is 0 Å². The van der Waals surface area contributed by atoms with Gasteiger partial charge in [0.25, 0.3) is 0 Å². The number of aromatic nitrogens is 1. The molecule has 1 heterocycles. The molecule has 0 spiro atoms. The van der Waals surface area contributed by atoms with E-state index in [0.717, 1.165) is 23.2 Å². The lowest BCUT2D eigenvalue weighted by Crippen LogP contribution is -2.42. The molecule has 0 radical (unpaired) electrons. The van der Waals surface area contributed by atoms with Crippen LogP contribution in [0.5, 0.6) is 0 Å². The van der Waals surface area contributed by atoms with E-state index in [9.17, 15) is 5.11 Å². The van der Waals surface area contributed by atoms with Crippen molar-refractivity contribution in [3.63, 3.8) is 0 Å². The molecule has 7 heteroatoms. The number of ether oxygens (including phenoxy) is 1. The first-order valence-electron chi connectivity index (χ1n) is 9.51. The Hall–Kier alpha value is -1.21. The number of aliphatic hydroxyl groups is 1. The van der Waals surface area contributed by atoms with Gasteiger partial charge in [-0.05, 0) is 36.2 Å². The van der Waals surface area contributed by atoms with Crippen molar-refractivity contribution >= 4 is 23.2 Å². The van der Waals surface area contributed by atoms with Crippen LogP contribution in [0.25, 0.3) is 0 Å². The van der Waals surface area contributed by atoms with Crippen molar-refractivity contribution in [1.29, 1.82) is 0 Å². The highest BCUT2D eigenvalue weighted by molar-refractivity contribution is 6.24. The van der Waals surface area contributed by atoms with E-state index >= 15 is 0 Å². The zero-order valence-corrected chi connectivity index (χ0v) is 17.4. The third-order valence-electron chi connectivity index (χ3n) is 4.54. The van der Waals surface area contributed by atoms with Crippen LogP contribution in [0.4, 0.5) is 0 Å². The van der Waals surface area contributed by atoms with Gasteiger partial charge in [-0.1, -0.05) is 30.3 Å². The van der Waals surface area contributed by atoms with Gasteiger partial charge >= 0.3 is 0 Å². The fraction of sp³-hybridized carbons (Fsp3) is 0.476. The zero-order chi connectivity index (χ0) is 20.2. The number of alkyl halides is 2. The van der Waals surface area contributed by atoms with Crippen LogP contribution in [0.1, 0.15) is 23.2 Å². The zero-order valence-electron chi connectivity index (χ0n) is 15.9. The molecule has 3 unspecified atom stereocenters. The Morgan fingerprint density at radius 1 is 1.07 bits per heavy atom. The summed E-state index contributed by atoms with van der Waals surface area (Å²) in [5, 5.41) is 12.1. The number of halogens is 2. The van der Waals surface area contributed by atoms with Gasteiger partial charge in [-0.25, -0.2) is 0 Å². The van der Waals surface area contributed by atoms with Crippen LogP contribution in [0.15, 0.2) is 48.7 Å². The van der Waals surface area contributed by atoms with Crippen molar-refractivity contribution in [2.24, 2.45) is 5.73 Å². The third-order valence-corrected chi connectivity index (χ3v) is 5.47. The summed E-state index contributed by atoms with van der Waals surface area (Å²) in [6.45, 7) is 2.33. The van der Waals surface area contributed by atoms with E-state index in [4.69, 9.17) is 33.7 Å². The van der Waals surface area contributed by atoms with Crippen molar-refractivity contribution in [2.75, 3.05) is 19.8 Å². The van der Waals surface area contributed by atoms with Crippen molar-refractivity contribution < 1.29 is 9.84 Å². The van der Waals surface area contributed by atoms with Crippen molar-refractivity contribution in [3.05, 3.63) is 65.5 Å². The van der Waals surface area contributed by atoms with Crippen LogP contribution in [-0.2, 0) is 24.3 Å². The van der Waals surface area contributed by atoms with E-state index in [1.807, 2.05) is 42.5 Å². The minimum atomic E-state index is -0.357. The van der Waals surface area contributed by atoms with Gasteiger partial charge in [0, 0.05) is 30.9 Å². The lowest BCUT2D eigenvalue weighted by atomic mass is 10.1. The summed E-state index contributed by atoms with van der Waals surface area (Å²) in [4.78, 5) is 4.25. The van der Waals surface area contributed by atoms with Crippen LogP contribution in [0, 0.1) is 0 Å². The second-order valence-corrected chi connectivity index (χ2v) is 7.77. The molecule has 3 atom stereocenters. The molecule has 2 rings (SSSR count). The quantitative estimate of drug-likeness (QED) is 0.339. The van der Waals surface area contributed by atoms with Gasteiger partial charge in [0.15, 0.2) is 0 Å². The second-order valence-electron chi connectivity index (χ2n) is 6.65. The first-order chi connectivity index (χ1) is 13.6. The normalized spacial score (nSPS) is 14.6. The van der Waals surface area contributed by atoms with Gasteiger partial charge in [-0.15, -0.1) is 23.2 Å². The van der Waals surface area contributed by atoms with Crippen molar-refractivity contribution in [2.45, 2.75) is 42.8 Å². The number of benzene rings is 1. The van der Waals surface area contributed by atoms with E-state index in [1.54, 1.807) is 6.20 Å². The molecule has 0 amide bonds. The average Bonchev–Trinajstić information content (AvgIpc) is 2.74. The molecule has 1 aromatic carbocycles. The summed E-state index contributed by atoms with van der Waals surface area (Å²) in [6.07, 6.45) is 3.20. The summed E-state index contributed by atoms with van der Waals surface area (Å²) < 4.78 is 5.63. The predicted molar refractivity (Wildman–Crippen MR) is 115 cm³/mol. The van der Waals surface area contributed by atoms with Crippen LogP contribution in [-0.4, -0.2) is 46.6 Å². The molecular weight excluding hydrogens is 397 g/mol. The molecule has 1 aromatic heterocycles. The summed E-state index contributed by atoms with van der Waals surface area (Å²) in [7, 11) is 0. The van der Waals surface area contributed by atoms with E-state index in [0.29, 0.717) is 32.7 Å². The summed E-state index contributed by atoms with van der Waals surface area (Å²) in [5.41, 5.74) is 9.17. The highest BCUT2D eigenvalue weighted by atomic mass is 35.5. The first-order valence-corrected chi connectivity index (χ1v) is 10.4. The van der Waals surface area contributed by atoms with Crippen LogP contribution >= 0.6 is 23.2 Å². The molecule has 0 aliphatic carbocycles. The maximum absolute atomic E-state index is 9.36. The second kappa shape index (κ2) is 13.1. The molecule has 0 aliphatic heterocycles. The smallest absolute Gasteiger partial charge is 0.0734 e. The van der Waals surface area contributed by atoms with E-state index in [-0.39, 0.29) is 23.4 Å². The molecule has 0 bridgehead atoms. The molecule has 5 nitrogen and oxygen atoms in total. The number of hydrogen-bond donors (Lipinski definition) is 3. The minimum Gasteiger partial charge on any atom is -0.392 e. The molecule has 4 N–H and O–H groups in total. The lowest BCUT2D eigenvalue weighted by molar-refractivity contribution is 0.131. The van der Waals surface area contributed by atoms with Gasteiger partial charge < -0.3 is 20.9 Å².